The molecule has 0 spiro atoms. The Labute approximate surface area is 308 Å². The summed E-state index contributed by atoms with van der Waals surface area (Å²) in [6.07, 6.45) is 4.98. The van der Waals surface area contributed by atoms with Gasteiger partial charge >= 0.3 is 0 Å². The van der Waals surface area contributed by atoms with Crippen molar-refractivity contribution < 1.29 is 25.9 Å². The minimum absolute atomic E-state index is 0.0559. The fraction of sp³-hybridized carbons (Fsp3) is 0.235. The second kappa shape index (κ2) is 15.0. The number of nitrogens with zero attached hydrogens (tertiary/aromatic N) is 4. The molecule has 0 fully saturated rings. The van der Waals surface area contributed by atoms with E-state index in [1.807, 2.05) is 48.5 Å². The van der Waals surface area contributed by atoms with E-state index in [0.717, 1.165) is 11.4 Å². The van der Waals surface area contributed by atoms with E-state index in [9.17, 15) is 16.8 Å². The predicted octanol–water partition coefficient (Wildman–Crippen LogP) is 8.92. The summed E-state index contributed by atoms with van der Waals surface area (Å²) in [5.74, 6) is 0.977. The Bertz CT molecular complexity index is 2310. The Morgan fingerprint density at radius 1 is 0.660 bits per heavy atom. The molecule has 0 aliphatic heterocycles. The molecular formula is C34H36Br2N6O6S2. The van der Waals surface area contributed by atoms with Gasteiger partial charge in [-0.15, -0.1) is 0 Å². The van der Waals surface area contributed by atoms with Crippen LogP contribution in [0, 0.1) is 13.8 Å². The highest BCUT2D eigenvalue weighted by molar-refractivity contribution is 9.11. The SMILES string of the molecule is Cc1noc(NS(=O)(=O)c2cccn2-c2ccc(C(C)C)cc2)c1Br.Cc1noc(NS(=O)(=O)c2ccn(-c3ccc(C(C)C)cc3)c2)c1Br. The molecule has 4 aromatic heterocycles. The Morgan fingerprint density at radius 2 is 1.14 bits per heavy atom. The van der Waals surface area contributed by atoms with Crippen LogP contribution in [0.4, 0.5) is 11.8 Å². The molecule has 0 saturated heterocycles. The number of benzene rings is 2. The highest BCUT2D eigenvalue weighted by Gasteiger charge is 2.24. The van der Waals surface area contributed by atoms with Crippen LogP contribution in [-0.4, -0.2) is 36.3 Å². The van der Waals surface area contributed by atoms with Crippen molar-refractivity contribution in [2.75, 3.05) is 9.44 Å². The van der Waals surface area contributed by atoms with E-state index >= 15 is 0 Å². The number of hydrogen-bond donors (Lipinski definition) is 2. The first-order valence-electron chi connectivity index (χ1n) is 15.4. The van der Waals surface area contributed by atoms with E-state index in [2.05, 4.69) is 79.3 Å². The average Bonchev–Trinajstić information content (AvgIpc) is 3.89. The van der Waals surface area contributed by atoms with Crippen LogP contribution >= 0.6 is 31.9 Å². The lowest BCUT2D eigenvalue weighted by molar-refractivity contribution is 0.430. The Hall–Kier alpha value is -4.12. The summed E-state index contributed by atoms with van der Waals surface area (Å²) in [4.78, 5) is 0.140. The van der Waals surface area contributed by atoms with E-state index in [1.54, 1.807) is 47.6 Å². The molecule has 4 heterocycles. The zero-order valence-electron chi connectivity index (χ0n) is 28.0. The lowest BCUT2D eigenvalue weighted by atomic mass is 10.0. The summed E-state index contributed by atoms with van der Waals surface area (Å²) in [6.45, 7) is 11.9. The molecule has 0 radical (unpaired) electrons. The summed E-state index contributed by atoms with van der Waals surface area (Å²) in [5, 5.41) is 7.56. The molecule has 0 saturated carbocycles. The summed E-state index contributed by atoms with van der Waals surface area (Å²) in [5.41, 5.74) is 5.22. The van der Waals surface area contributed by atoms with E-state index < -0.39 is 20.0 Å². The standard InChI is InChI=1S/2C17H18BrN3O3S/c1-11(2)13-4-6-14(7-5-13)21-9-8-15(10-21)25(22,23)20-17-16(18)12(3)19-24-17;1-11(2)13-6-8-14(9-7-13)21-10-4-5-15(21)25(22,23)20-17-16(18)12(3)19-24-17/h2*4-11,20H,1-3H3. The summed E-state index contributed by atoms with van der Waals surface area (Å²) in [7, 11) is -7.60. The third-order valence-electron chi connectivity index (χ3n) is 7.69. The van der Waals surface area contributed by atoms with Crippen molar-refractivity contribution in [2.45, 2.75) is 63.3 Å². The number of halogens is 2. The van der Waals surface area contributed by atoms with Crippen LogP contribution in [0.3, 0.4) is 0 Å². The van der Waals surface area contributed by atoms with Crippen molar-refractivity contribution in [3.05, 3.63) is 117 Å². The number of anilines is 2. The van der Waals surface area contributed by atoms with Gasteiger partial charge in [-0.25, -0.2) is 17.9 Å². The zero-order valence-corrected chi connectivity index (χ0v) is 32.9. The van der Waals surface area contributed by atoms with Crippen LogP contribution in [0.1, 0.15) is 62.0 Å². The van der Waals surface area contributed by atoms with E-state index in [0.29, 0.717) is 32.2 Å². The van der Waals surface area contributed by atoms with Crippen molar-refractivity contribution in [1.82, 2.24) is 19.4 Å². The fourth-order valence-corrected chi connectivity index (χ4v) is 7.66. The molecule has 264 valence electrons. The van der Waals surface area contributed by atoms with Crippen molar-refractivity contribution in [1.29, 1.82) is 0 Å². The fourth-order valence-electron chi connectivity index (χ4n) is 4.74. The third kappa shape index (κ3) is 8.25. The normalized spacial score (nSPS) is 11.9. The topological polar surface area (TPSA) is 154 Å². The van der Waals surface area contributed by atoms with Crippen molar-refractivity contribution >= 4 is 63.7 Å². The number of aryl methyl sites for hydroxylation is 2. The largest absolute Gasteiger partial charge is 0.336 e. The van der Waals surface area contributed by atoms with Gasteiger partial charge in [-0.3, -0.25) is 0 Å². The zero-order chi connectivity index (χ0) is 36.4. The molecule has 0 unspecified atom stereocenters. The second-order valence-electron chi connectivity index (χ2n) is 12.0. The molecule has 6 aromatic rings. The van der Waals surface area contributed by atoms with Gasteiger partial charge in [0, 0.05) is 30.0 Å². The predicted molar refractivity (Wildman–Crippen MR) is 199 cm³/mol. The summed E-state index contributed by atoms with van der Waals surface area (Å²) < 4.78 is 69.7. The van der Waals surface area contributed by atoms with E-state index in [4.69, 9.17) is 9.05 Å². The van der Waals surface area contributed by atoms with Crippen LogP contribution in [-0.2, 0) is 20.0 Å². The maximum absolute atomic E-state index is 12.8. The number of sulfonamides is 2. The minimum atomic E-state index is -3.84. The quantitative estimate of drug-likeness (QED) is 0.139. The number of aromatic nitrogens is 4. The molecule has 50 heavy (non-hydrogen) atoms. The van der Waals surface area contributed by atoms with E-state index in [-0.39, 0.29) is 21.7 Å². The van der Waals surface area contributed by atoms with Crippen LogP contribution in [0.25, 0.3) is 11.4 Å². The minimum Gasteiger partial charge on any atom is -0.336 e. The molecule has 6 rings (SSSR count). The maximum atomic E-state index is 12.8. The monoisotopic (exact) mass is 846 g/mol. The van der Waals surface area contributed by atoms with Gasteiger partial charge in [-0.1, -0.05) is 62.3 Å². The van der Waals surface area contributed by atoms with E-state index in [1.165, 1.54) is 23.3 Å². The lowest BCUT2D eigenvalue weighted by Crippen LogP contribution is -2.16. The molecule has 12 nitrogen and oxygen atoms in total. The molecule has 16 heteroatoms. The summed E-state index contributed by atoms with van der Waals surface area (Å²) >= 11 is 6.51. The first kappa shape index (κ1) is 37.1. The van der Waals surface area contributed by atoms with Gasteiger partial charge in [0.2, 0.25) is 0 Å². The smallest absolute Gasteiger partial charge is 0.280 e. The van der Waals surface area contributed by atoms with Crippen molar-refractivity contribution in [2.24, 2.45) is 0 Å². The number of nitrogens with one attached hydrogen (secondary N) is 2. The van der Waals surface area contributed by atoms with Gasteiger partial charge in [0.25, 0.3) is 31.8 Å². The van der Waals surface area contributed by atoms with Gasteiger partial charge < -0.3 is 18.2 Å². The van der Waals surface area contributed by atoms with Crippen LogP contribution in [0.2, 0.25) is 0 Å². The molecule has 0 amide bonds. The summed E-state index contributed by atoms with van der Waals surface area (Å²) in [6, 6.07) is 20.6. The lowest BCUT2D eigenvalue weighted by Gasteiger charge is -2.12. The number of rotatable bonds is 10. The Morgan fingerprint density at radius 3 is 1.60 bits per heavy atom. The molecule has 2 aromatic carbocycles. The molecule has 0 atom stereocenters. The Balaban J connectivity index is 0.000000194. The first-order chi connectivity index (χ1) is 23.6. The third-order valence-corrected chi connectivity index (χ3v) is 12.2. The molecule has 0 aliphatic carbocycles. The van der Waals surface area contributed by atoms with Gasteiger partial charge in [0.15, 0.2) is 5.03 Å². The van der Waals surface area contributed by atoms with Crippen molar-refractivity contribution in [3.63, 3.8) is 0 Å². The molecular weight excluding hydrogens is 812 g/mol. The maximum Gasteiger partial charge on any atom is 0.280 e. The molecule has 2 N–H and O–H groups in total. The van der Waals surface area contributed by atoms with Gasteiger partial charge in [-0.05, 0) is 111 Å². The first-order valence-corrected chi connectivity index (χ1v) is 20.0. The highest BCUT2D eigenvalue weighted by atomic mass is 79.9. The highest BCUT2D eigenvalue weighted by Crippen LogP contribution is 2.30. The molecule has 0 bridgehead atoms. The van der Waals surface area contributed by atoms with Crippen LogP contribution in [0.15, 0.2) is 113 Å². The second-order valence-corrected chi connectivity index (χ2v) is 16.9. The van der Waals surface area contributed by atoms with Crippen molar-refractivity contribution in [3.8, 4) is 11.4 Å². The average molecular weight is 849 g/mol. The molecule has 0 aliphatic rings. The van der Waals surface area contributed by atoms with Gasteiger partial charge in [-0.2, -0.15) is 8.42 Å². The van der Waals surface area contributed by atoms with Crippen LogP contribution in [0.5, 0.6) is 0 Å². The van der Waals surface area contributed by atoms with Gasteiger partial charge in [0.05, 0.1) is 11.4 Å². The van der Waals surface area contributed by atoms with Crippen LogP contribution < -0.4 is 9.44 Å². The number of hydrogen-bond acceptors (Lipinski definition) is 8. The van der Waals surface area contributed by atoms with Gasteiger partial charge in [0.1, 0.15) is 13.8 Å². The Kier molecular flexibility index (Phi) is 11.1.